The number of rotatable bonds is 4. The first kappa shape index (κ1) is 15.3. The van der Waals surface area contributed by atoms with Crippen LogP contribution in [0.5, 0.6) is 11.5 Å². The number of imidazole rings is 1. The van der Waals surface area contributed by atoms with Gasteiger partial charge in [0, 0.05) is 17.3 Å². The van der Waals surface area contributed by atoms with Gasteiger partial charge in [-0.2, -0.15) is 4.98 Å². The molecule has 5 rings (SSSR count). The van der Waals surface area contributed by atoms with Gasteiger partial charge in [-0.15, -0.1) is 0 Å². The molecule has 3 aromatic heterocycles. The molecule has 0 amide bonds. The van der Waals surface area contributed by atoms with Gasteiger partial charge in [0.2, 0.25) is 0 Å². The van der Waals surface area contributed by atoms with Crippen molar-refractivity contribution >= 4 is 5.52 Å². The third kappa shape index (κ3) is 2.93. The summed E-state index contributed by atoms with van der Waals surface area (Å²) in [6.45, 7) is 0. The van der Waals surface area contributed by atoms with E-state index in [2.05, 4.69) is 15.1 Å². The fourth-order valence-corrected chi connectivity index (χ4v) is 3.00. The van der Waals surface area contributed by atoms with Crippen molar-refractivity contribution in [3.63, 3.8) is 0 Å². The zero-order valence-corrected chi connectivity index (χ0v) is 14.2. The van der Waals surface area contributed by atoms with E-state index in [1.807, 2.05) is 83.7 Å². The molecule has 3 heterocycles. The third-order valence-electron chi connectivity index (χ3n) is 4.23. The fourth-order valence-electron chi connectivity index (χ4n) is 3.00. The Balaban J connectivity index is 1.47. The number of ether oxygens (including phenoxy) is 1. The molecule has 0 unspecified atom stereocenters. The van der Waals surface area contributed by atoms with Gasteiger partial charge in [-0.3, -0.25) is 0 Å². The predicted molar refractivity (Wildman–Crippen MR) is 100 cm³/mol. The average molecular weight is 354 g/mol. The van der Waals surface area contributed by atoms with Crippen molar-refractivity contribution in [1.29, 1.82) is 0 Å². The molecule has 0 aliphatic heterocycles. The van der Waals surface area contributed by atoms with Crippen LogP contribution in [0.2, 0.25) is 0 Å². The number of hydrogen-bond donors (Lipinski definition) is 0. The highest BCUT2D eigenvalue weighted by Crippen LogP contribution is 2.30. The van der Waals surface area contributed by atoms with Gasteiger partial charge in [0.1, 0.15) is 11.5 Å². The fraction of sp³-hybridized carbons (Fsp3) is 0. The van der Waals surface area contributed by atoms with Crippen molar-refractivity contribution in [3.8, 4) is 34.2 Å². The summed E-state index contributed by atoms with van der Waals surface area (Å²) in [5.41, 5.74) is 3.77. The third-order valence-corrected chi connectivity index (χ3v) is 4.23. The van der Waals surface area contributed by atoms with E-state index in [4.69, 9.17) is 9.26 Å². The summed E-state index contributed by atoms with van der Waals surface area (Å²) in [4.78, 5) is 8.61. The first-order valence-electron chi connectivity index (χ1n) is 8.44. The van der Waals surface area contributed by atoms with Crippen LogP contribution in [0.1, 0.15) is 0 Å². The Hall–Kier alpha value is -3.93. The molecule has 27 heavy (non-hydrogen) atoms. The van der Waals surface area contributed by atoms with Crippen LogP contribution >= 0.6 is 0 Å². The molecular weight excluding hydrogens is 340 g/mol. The minimum atomic E-state index is 0.457. The lowest BCUT2D eigenvalue weighted by Gasteiger charge is -2.08. The summed E-state index contributed by atoms with van der Waals surface area (Å²) in [7, 11) is 0. The van der Waals surface area contributed by atoms with E-state index < -0.39 is 0 Å². The zero-order chi connectivity index (χ0) is 18.1. The molecule has 0 aliphatic rings. The minimum absolute atomic E-state index is 0.457. The van der Waals surface area contributed by atoms with Gasteiger partial charge in [0.15, 0.2) is 6.33 Å². The highest BCUT2D eigenvalue weighted by molar-refractivity contribution is 5.77. The van der Waals surface area contributed by atoms with Gasteiger partial charge in [-0.25, -0.2) is 4.98 Å². The van der Waals surface area contributed by atoms with Crippen molar-refractivity contribution in [2.75, 3.05) is 0 Å². The first-order valence-corrected chi connectivity index (χ1v) is 8.44. The molecule has 0 atom stereocenters. The number of hydrogen-bond acceptors (Lipinski definition) is 5. The smallest absolute Gasteiger partial charge is 0.257 e. The molecule has 0 saturated carbocycles. The molecule has 2 aromatic carbocycles. The quantitative estimate of drug-likeness (QED) is 0.462. The van der Waals surface area contributed by atoms with Gasteiger partial charge >= 0.3 is 0 Å². The van der Waals surface area contributed by atoms with E-state index in [1.165, 1.54) is 6.33 Å². The Morgan fingerprint density at radius 2 is 1.63 bits per heavy atom. The summed E-state index contributed by atoms with van der Waals surface area (Å²) in [6.07, 6.45) is 5.17. The summed E-state index contributed by atoms with van der Waals surface area (Å²) in [6, 6.07) is 21.5. The lowest BCUT2D eigenvalue weighted by molar-refractivity contribution is 0.429. The Morgan fingerprint density at radius 1 is 0.815 bits per heavy atom. The number of fused-ring (bicyclic) bond motifs is 1. The Morgan fingerprint density at radius 3 is 2.44 bits per heavy atom. The molecule has 6 nitrogen and oxygen atoms in total. The normalized spacial score (nSPS) is 11.0. The van der Waals surface area contributed by atoms with E-state index in [0.717, 1.165) is 28.1 Å². The van der Waals surface area contributed by atoms with Crippen molar-refractivity contribution in [2.45, 2.75) is 0 Å². The lowest BCUT2D eigenvalue weighted by atomic mass is 10.1. The van der Waals surface area contributed by atoms with Gasteiger partial charge < -0.3 is 13.7 Å². The maximum atomic E-state index is 6.04. The van der Waals surface area contributed by atoms with Crippen molar-refractivity contribution in [3.05, 3.63) is 85.6 Å². The molecule has 0 radical (unpaired) electrons. The second-order valence-electron chi connectivity index (χ2n) is 5.99. The molecule has 5 aromatic rings. The minimum Gasteiger partial charge on any atom is -0.457 e. The van der Waals surface area contributed by atoms with E-state index in [0.29, 0.717) is 11.6 Å². The maximum Gasteiger partial charge on any atom is 0.257 e. The number of aromatic nitrogens is 4. The van der Waals surface area contributed by atoms with Gasteiger partial charge in [0.05, 0.1) is 17.5 Å². The van der Waals surface area contributed by atoms with Crippen LogP contribution in [0, 0.1) is 0 Å². The molecular formula is C21H14N4O2. The van der Waals surface area contributed by atoms with Gasteiger partial charge in [0.25, 0.3) is 5.89 Å². The number of nitrogens with zero attached hydrogens (tertiary/aromatic N) is 4. The zero-order valence-electron chi connectivity index (χ0n) is 14.2. The lowest BCUT2D eigenvalue weighted by Crippen LogP contribution is -1.87. The van der Waals surface area contributed by atoms with Crippen LogP contribution in [0.15, 0.2) is 90.1 Å². The summed E-state index contributed by atoms with van der Waals surface area (Å²) in [5.74, 6) is 1.88. The van der Waals surface area contributed by atoms with Crippen LogP contribution < -0.4 is 4.74 Å². The maximum absolute atomic E-state index is 6.04. The predicted octanol–water partition coefficient (Wildman–Crippen LogP) is 4.84. The largest absolute Gasteiger partial charge is 0.457 e. The monoisotopic (exact) mass is 354 g/mol. The van der Waals surface area contributed by atoms with Crippen LogP contribution in [-0.2, 0) is 0 Å². The van der Waals surface area contributed by atoms with Crippen LogP contribution in [0.3, 0.4) is 0 Å². The second kappa shape index (κ2) is 6.42. The van der Waals surface area contributed by atoms with Crippen molar-refractivity contribution < 1.29 is 9.26 Å². The van der Waals surface area contributed by atoms with Crippen LogP contribution in [-0.4, -0.2) is 19.5 Å². The topological polar surface area (TPSA) is 65.5 Å². The van der Waals surface area contributed by atoms with E-state index in [1.54, 1.807) is 0 Å². The SMILES string of the molecule is c1cc(Oc2cccc(-c3ncn4ccccc34)c2)cc(-c2ncno2)c1. The summed E-state index contributed by atoms with van der Waals surface area (Å²) >= 11 is 0. The molecule has 130 valence electrons. The molecule has 6 heteroatoms. The molecule has 0 spiro atoms. The first-order chi connectivity index (χ1) is 13.4. The molecule has 0 N–H and O–H groups in total. The van der Waals surface area contributed by atoms with Gasteiger partial charge in [-0.05, 0) is 42.5 Å². The Labute approximate surface area is 154 Å². The summed E-state index contributed by atoms with van der Waals surface area (Å²) in [5, 5.41) is 3.64. The highest BCUT2D eigenvalue weighted by atomic mass is 16.5. The number of benzene rings is 2. The van der Waals surface area contributed by atoms with Crippen LogP contribution in [0.25, 0.3) is 28.2 Å². The number of pyridine rings is 1. The molecule has 0 aliphatic carbocycles. The van der Waals surface area contributed by atoms with E-state index in [9.17, 15) is 0 Å². The Kier molecular flexibility index (Phi) is 3.65. The molecule has 0 bridgehead atoms. The highest BCUT2D eigenvalue weighted by Gasteiger charge is 2.09. The summed E-state index contributed by atoms with van der Waals surface area (Å²) < 4.78 is 13.1. The molecule has 0 fully saturated rings. The standard InChI is InChI=1S/C21H14N4O2/c1-2-10-25-14-23-20(19(25)9-1)15-5-3-7-17(11-15)26-18-8-4-6-16(12-18)21-22-13-24-27-21/h1-14H. The van der Waals surface area contributed by atoms with Gasteiger partial charge in [-0.1, -0.05) is 29.4 Å². The van der Waals surface area contributed by atoms with Crippen LogP contribution in [0.4, 0.5) is 0 Å². The molecule has 0 saturated heterocycles. The van der Waals surface area contributed by atoms with Crippen molar-refractivity contribution in [1.82, 2.24) is 19.5 Å². The van der Waals surface area contributed by atoms with E-state index in [-0.39, 0.29) is 0 Å². The average Bonchev–Trinajstić information content (AvgIpc) is 3.39. The second-order valence-corrected chi connectivity index (χ2v) is 5.99. The Bertz CT molecular complexity index is 1210. The van der Waals surface area contributed by atoms with E-state index >= 15 is 0 Å². The van der Waals surface area contributed by atoms with Crippen molar-refractivity contribution in [2.24, 2.45) is 0 Å².